The molecule has 0 saturated heterocycles. The molecule has 1 aliphatic rings. The third kappa shape index (κ3) is 3.84. The van der Waals surface area contributed by atoms with Gasteiger partial charge in [-0.25, -0.2) is 4.79 Å². The van der Waals surface area contributed by atoms with E-state index in [2.05, 4.69) is 10.6 Å². The standard InChI is InChI=1S/C17H18N4O6/c1-20-11(6-15(23)21(2)17(20)25)7-18-14(22)8-19-16(24)10-3-4-12-13(5-10)27-9-26-12/h3-6H,7-9H2,1-2H3,(H,18,22)(H,19,24). The summed E-state index contributed by atoms with van der Waals surface area (Å²) in [4.78, 5) is 47.6. The summed E-state index contributed by atoms with van der Waals surface area (Å²) in [5.74, 6) is 0.129. The van der Waals surface area contributed by atoms with E-state index in [1.54, 1.807) is 12.1 Å². The first kappa shape index (κ1) is 18.2. The molecule has 0 saturated carbocycles. The van der Waals surface area contributed by atoms with Crippen molar-refractivity contribution in [2.45, 2.75) is 6.54 Å². The summed E-state index contributed by atoms with van der Waals surface area (Å²) in [6, 6.07) is 5.99. The Hall–Kier alpha value is -3.56. The van der Waals surface area contributed by atoms with Gasteiger partial charge in [-0.15, -0.1) is 0 Å². The molecule has 0 bridgehead atoms. The molecule has 2 heterocycles. The zero-order valence-corrected chi connectivity index (χ0v) is 14.8. The molecule has 10 nitrogen and oxygen atoms in total. The van der Waals surface area contributed by atoms with Crippen molar-refractivity contribution in [2.75, 3.05) is 13.3 Å². The summed E-state index contributed by atoms with van der Waals surface area (Å²) in [6.45, 7) is -0.166. The van der Waals surface area contributed by atoms with Crippen molar-refractivity contribution in [3.8, 4) is 11.5 Å². The SMILES string of the molecule is Cn1c(CNC(=O)CNC(=O)c2ccc3c(c2)OCO3)cc(=O)n(C)c1=O. The number of hydrogen-bond acceptors (Lipinski definition) is 6. The van der Waals surface area contributed by atoms with Crippen LogP contribution in [-0.2, 0) is 25.4 Å². The largest absolute Gasteiger partial charge is 0.454 e. The second-order valence-corrected chi connectivity index (χ2v) is 5.90. The molecule has 0 spiro atoms. The first-order chi connectivity index (χ1) is 12.9. The minimum atomic E-state index is -0.483. The van der Waals surface area contributed by atoms with Crippen LogP contribution in [0.25, 0.3) is 0 Å². The highest BCUT2D eigenvalue weighted by Gasteiger charge is 2.16. The van der Waals surface area contributed by atoms with E-state index in [1.165, 1.54) is 30.8 Å². The number of carbonyl (C=O) groups excluding carboxylic acids is 2. The van der Waals surface area contributed by atoms with Crippen molar-refractivity contribution in [2.24, 2.45) is 14.1 Å². The zero-order chi connectivity index (χ0) is 19.6. The molecule has 2 N–H and O–H groups in total. The fraction of sp³-hybridized carbons (Fsp3) is 0.294. The van der Waals surface area contributed by atoms with Crippen LogP contribution in [-0.4, -0.2) is 34.3 Å². The Kier molecular flexibility index (Phi) is 4.97. The Bertz CT molecular complexity index is 1020. The molecule has 3 rings (SSSR count). The van der Waals surface area contributed by atoms with Crippen molar-refractivity contribution < 1.29 is 19.1 Å². The molecule has 0 atom stereocenters. The maximum Gasteiger partial charge on any atom is 0.330 e. The third-order valence-corrected chi connectivity index (χ3v) is 4.14. The van der Waals surface area contributed by atoms with Crippen molar-refractivity contribution in [1.29, 1.82) is 0 Å². The van der Waals surface area contributed by atoms with E-state index in [0.717, 1.165) is 4.57 Å². The van der Waals surface area contributed by atoms with Crippen LogP contribution in [0.3, 0.4) is 0 Å². The van der Waals surface area contributed by atoms with Gasteiger partial charge in [0.2, 0.25) is 12.7 Å². The molecule has 2 aromatic rings. The van der Waals surface area contributed by atoms with Crippen LogP contribution < -0.4 is 31.4 Å². The number of nitrogens with zero attached hydrogens (tertiary/aromatic N) is 2. The lowest BCUT2D eigenvalue weighted by atomic mass is 10.2. The van der Waals surface area contributed by atoms with Gasteiger partial charge in [0.1, 0.15) is 0 Å². The Morgan fingerprint density at radius 1 is 1.04 bits per heavy atom. The molecule has 0 fully saturated rings. The molecular weight excluding hydrogens is 356 g/mol. The van der Waals surface area contributed by atoms with E-state index >= 15 is 0 Å². The molecule has 1 aliphatic heterocycles. The summed E-state index contributed by atoms with van der Waals surface area (Å²) in [6.07, 6.45) is 0. The van der Waals surface area contributed by atoms with Gasteiger partial charge in [0.05, 0.1) is 13.1 Å². The van der Waals surface area contributed by atoms with E-state index < -0.39 is 23.1 Å². The van der Waals surface area contributed by atoms with Crippen LogP contribution in [0.5, 0.6) is 11.5 Å². The van der Waals surface area contributed by atoms with Crippen LogP contribution in [0.1, 0.15) is 16.1 Å². The van der Waals surface area contributed by atoms with Crippen molar-refractivity contribution >= 4 is 11.8 Å². The van der Waals surface area contributed by atoms with Crippen molar-refractivity contribution in [1.82, 2.24) is 19.8 Å². The van der Waals surface area contributed by atoms with Crippen molar-refractivity contribution in [3.05, 3.63) is 56.4 Å². The predicted molar refractivity (Wildman–Crippen MR) is 93.7 cm³/mol. The molecule has 2 amide bonds. The van der Waals surface area contributed by atoms with Gasteiger partial charge in [0.25, 0.3) is 11.5 Å². The quantitative estimate of drug-likeness (QED) is 0.682. The lowest BCUT2D eigenvalue weighted by Gasteiger charge is -2.11. The number of amides is 2. The zero-order valence-electron chi connectivity index (χ0n) is 14.8. The van der Waals surface area contributed by atoms with Crippen LogP contribution >= 0.6 is 0 Å². The van der Waals surface area contributed by atoms with Gasteiger partial charge < -0.3 is 20.1 Å². The van der Waals surface area contributed by atoms with E-state index in [0.29, 0.717) is 22.8 Å². The topological polar surface area (TPSA) is 121 Å². The number of nitrogens with one attached hydrogen (secondary N) is 2. The molecule has 0 unspecified atom stereocenters. The first-order valence-corrected chi connectivity index (χ1v) is 8.07. The monoisotopic (exact) mass is 374 g/mol. The van der Waals surface area contributed by atoms with E-state index in [-0.39, 0.29) is 19.9 Å². The maximum atomic E-state index is 12.1. The summed E-state index contributed by atoms with van der Waals surface area (Å²) in [5, 5.41) is 5.05. The molecule has 0 radical (unpaired) electrons. The number of carbonyl (C=O) groups is 2. The minimum absolute atomic E-state index is 0.0133. The molecular formula is C17H18N4O6. The highest BCUT2D eigenvalue weighted by molar-refractivity contribution is 5.97. The average Bonchev–Trinajstić information content (AvgIpc) is 3.13. The smallest absolute Gasteiger partial charge is 0.330 e. The van der Waals surface area contributed by atoms with E-state index in [1.807, 2.05) is 0 Å². The van der Waals surface area contributed by atoms with Gasteiger partial charge in [-0.2, -0.15) is 0 Å². The minimum Gasteiger partial charge on any atom is -0.454 e. The summed E-state index contributed by atoms with van der Waals surface area (Å²) >= 11 is 0. The molecule has 1 aromatic carbocycles. The second kappa shape index (κ2) is 7.36. The molecule has 1 aromatic heterocycles. The average molecular weight is 374 g/mol. The predicted octanol–water partition coefficient (Wildman–Crippen LogP) is -1.14. The summed E-state index contributed by atoms with van der Waals surface area (Å²) in [7, 11) is 2.88. The van der Waals surface area contributed by atoms with Crippen LogP contribution in [0.15, 0.2) is 33.9 Å². The Morgan fingerprint density at radius 3 is 2.56 bits per heavy atom. The molecule has 142 valence electrons. The Labute approximate surface area is 153 Å². The number of hydrogen-bond donors (Lipinski definition) is 2. The Morgan fingerprint density at radius 2 is 1.78 bits per heavy atom. The van der Waals surface area contributed by atoms with Gasteiger partial charge in [0.15, 0.2) is 11.5 Å². The normalized spacial score (nSPS) is 11.9. The number of ether oxygens (including phenoxy) is 2. The fourth-order valence-corrected chi connectivity index (χ4v) is 2.50. The highest BCUT2D eigenvalue weighted by Crippen LogP contribution is 2.32. The van der Waals surface area contributed by atoms with Crippen LogP contribution in [0.2, 0.25) is 0 Å². The van der Waals surface area contributed by atoms with Gasteiger partial charge in [-0.3, -0.25) is 23.5 Å². The fourth-order valence-electron chi connectivity index (χ4n) is 2.50. The first-order valence-electron chi connectivity index (χ1n) is 8.07. The third-order valence-electron chi connectivity index (χ3n) is 4.14. The molecule has 0 aliphatic carbocycles. The maximum absolute atomic E-state index is 12.1. The lowest BCUT2D eigenvalue weighted by Crippen LogP contribution is -2.41. The van der Waals surface area contributed by atoms with Crippen molar-refractivity contribution in [3.63, 3.8) is 0 Å². The van der Waals surface area contributed by atoms with Gasteiger partial charge in [0, 0.05) is 31.4 Å². The van der Waals surface area contributed by atoms with Crippen LogP contribution in [0.4, 0.5) is 0 Å². The van der Waals surface area contributed by atoms with E-state index in [4.69, 9.17) is 9.47 Å². The van der Waals surface area contributed by atoms with Gasteiger partial charge >= 0.3 is 5.69 Å². The lowest BCUT2D eigenvalue weighted by molar-refractivity contribution is -0.120. The van der Waals surface area contributed by atoms with Crippen LogP contribution in [0, 0.1) is 0 Å². The van der Waals surface area contributed by atoms with E-state index in [9.17, 15) is 19.2 Å². The highest BCUT2D eigenvalue weighted by atomic mass is 16.7. The number of rotatable bonds is 5. The molecule has 10 heteroatoms. The summed E-state index contributed by atoms with van der Waals surface area (Å²) < 4.78 is 12.6. The number of benzene rings is 1. The van der Waals surface area contributed by atoms with Gasteiger partial charge in [-0.1, -0.05) is 0 Å². The van der Waals surface area contributed by atoms with Gasteiger partial charge in [-0.05, 0) is 18.2 Å². The Balaban J connectivity index is 1.55. The second-order valence-electron chi connectivity index (χ2n) is 5.90. The number of fused-ring (bicyclic) bond motifs is 1. The number of aromatic nitrogens is 2. The molecule has 27 heavy (non-hydrogen) atoms. The summed E-state index contributed by atoms with van der Waals surface area (Å²) in [5.41, 5.74) is -0.249.